The standard InChI is InChI=1S/C20H25N3O3/c1-23(15-17-8-10-18(26-2)11-9-17)19(24)12-13-21-20(25)22-14-16-6-4-3-5-7-16/h3-11H,12-15H2,1-2H3,(H2,21,22,25). The Kier molecular flexibility index (Phi) is 7.49. The number of ether oxygens (including phenoxy) is 1. The molecule has 2 aromatic rings. The second-order valence-electron chi connectivity index (χ2n) is 5.94. The first-order chi connectivity index (χ1) is 12.6. The molecule has 6 nitrogen and oxygen atoms in total. The Balaban J connectivity index is 1.66. The first-order valence-corrected chi connectivity index (χ1v) is 8.51. The Bertz CT molecular complexity index is 702. The predicted octanol–water partition coefficient (Wildman–Crippen LogP) is 2.54. The van der Waals surface area contributed by atoms with Gasteiger partial charge in [-0.25, -0.2) is 4.79 Å². The molecule has 0 fully saturated rings. The number of amides is 3. The van der Waals surface area contributed by atoms with Crippen LogP contribution in [0.25, 0.3) is 0 Å². The summed E-state index contributed by atoms with van der Waals surface area (Å²) >= 11 is 0. The van der Waals surface area contributed by atoms with Gasteiger partial charge in [0, 0.05) is 33.1 Å². The molecule has 0 aliphatic carbocycles. The van der Waals surface area contributed by atoms with E-state index in [0.29, 0.717) is 19.6 Å². The van der Waals surface area contributed by atoms with Crippen molar-refractivity contribution in [1.29, 1.82) is 0 Å². The maximum absolute atomic E-state index is 12.2. The number of urea groups is 1. The quantitative estimate of drug-likeness (QED) is 0.764. The van der Waals surface area contributed by atoms with Gasteiger partial charge in [-0.2, -0.15) is 0 Å². The zero-order chi connectivity index (χ0) is 18.8. The van der Waals surface area contributed by atoms with E-state index in [1.807, 2.05) is 54.6 Å². The number of hydrogen-bond acceptors (Lipinski definition) is 3. The SMILES string of the molecule is COc1ccc(CN(C)C(=O)CCNC(=O)NCc2ccccc2)cc1. The van der Waals surface area contributed by atoms with Crippen molar-refractivity contribution in [2.45, 2.75) is 19.5 Å². The molecule has 2 N–H and O–H groups in total. The molecule has 0 saturated carbocycles. The zero-order valence-electron chi connectivity index (χ0n) is 15.2. The highest BCUT2D eigenvalue weighted by Crippen LogP contribution is 2.12. The summed E-state index contributed by atoms with van der Waals surface area (Å²) < 4.78 is 5.12. The summed E-state index contributed by atoms with van der Waals surface area (Å²) in [4.78, 5) is 25.6. The van der Waals surface area contributed by atoms with Crippen LogP contribution in [0.4, 0.5) is 4.79 Å². The Hall–Kier alpha value is -3.02. The van der Waals surface area contributed by atoms with E-state index >= 15 is 0 Å². The average Bonchev–Trinajstić information content (AvgIpc) is 2.67. The molecule has 0 aromatic heterocycles. The number of carbonyl (C=O) groups is 2. The van der Waals surface area contributed by atoms with Crippen LogP contribution >= 0.6 is 0 Å². The molecule has 2 aromatic carbocycles. The van der Waals surface area contributed by atoms with Gasteiger partial charge in [-0.15, -0.1) is 0 Å². The van der Waals surface area contributed by atoms with Gasteiger partial charge < -0.3 is 20.3 Å². The normalized spacial score (nSPS) is 10.1. The van der Waals surface area contributed by atoms with Gasteiger partial charge in [-0.3, -0.25) is 4.79 Å². The van der Waals surface area contributed by atoms with Gasteiger partial charge >= 0.3 is 6.03 Å². The number of nitrogens with zero attached hydrogens (tertiary/aromatic N) is 1. The maximum atomic E-state index is 12.2. The Morgan fingerprint density at radius 3 is 2.31 bits per heavy atom. The highest BCUT2D eigenvalue weighted by molar-refractivity contribution is 5.78. The fourth-order valence-electron chi connectivity index (χ4n) is 2.41. The van der Waals surface area contributed by atoms with Crippen molar-refractivity contribution in [1.82, 2.24) is 15.5 Å². The van der Waals surface area contributed by atoms with Gasteiger partial charge in [-0.1, -0.05) is 42.5 Å². The number of rotatable bonds is 8. The second kappa shape index (κ2) is 10.1. The lowest BCUT2D eigenvalue weighted by atomic mass is 10.2. The average molecular weight is 355 g/mol. The van der Waals surface area contributed by atoms with E-state index in [1.165, 1.54) is 0 Å². The van der Waals surface area contributed by atoms with Gasteiger partial charge in [0.2, 0.25) is 5.91 Å². The molecule has 0 saturated heterocycles. The molecule has 0 aliphatic heterocycles. The minimum atomic E-state index is -0.278. The lowest BCUT2D eigenvalue weighted by molar-refractivity contribution is -0.130. The van der Waals surface area contributed by atoms with E-state index in [4.69, 9.17) is 4.74 Å². The third-order valence-electron chi connectivity index (χ3n) is 3.92. The molecule has 2 rings (SSSR count). The van der Waals surface area contributed by atoms with Crippen LogP contribution in [0.2, 0.25) is 0 Å². The molecular formula is C20H25N3O3. The molecule has 0 heterocycles. The smallest absolute Gasteiger partial charge is 0.315 e. The van der Waals surface area contributed by atoms with Gasteiger partial charge in [0.1, 0.15) is 5.75 Å². The van der Waals surface area contributed by atoms with E-state index in [9.17, 15) is 9.59 Å². The minimum Gasteiger partial charge on any atom is -0.497 e. The van der Waals surface area contributed by atoms with Crippen molar-refractivity contribution < 1.29 is 14.3 Å². The van der Waals surface area contributed by atoms with Crippen LogP contribution in [-0.4, -0.2) is 37.5 Å². The summed E-state index contributed by atoms with van der Waals surface area (Å²) in [5.41, 5.74) is 2.05. The number of hydrogen-bond donors (Lipinski definition) is 2. The van der Waals surface area contributed by atoms with Gasteiger partial charge in [0.05, 0.1) is 7.11 Å². The molecule has 0 spiro atoms. The summed E-state index contributed by atoms with van der Waals surface area (Å²) in [5, 5.41) is 5.47. The van der Waals surface area contributed by atoms with Crippen LogP contribution in [-0.2, 0) is 17.9 Å². The Labute approximate surface area is 154 Å². The monoisotopic (exact) mass is 355 g/mol. The number of benzene rings is 2. The maximum Gasteiger partial charge on any atom is 0.315 e. The van der Waals surface area contributed by atoms with Crippen molar-refractivity contribution in [3.63, 3.8) is 0 Å². The summed E-state index contributed by atoms with van der Waals surface area (Å²) in [6, 6.07) is 17.0. The largest absolute Gasteiger partial charge is 0.497 e. The van der Waals surface area contributed by atoms with E-state index in [0.717, 1.165) is 16.9 Å². The van der Waals surface area contributed by atoms with Crippen molar-refractivity contribution in [2.24, 2.45) is 0 Å². The highest BCUT2D eigenvalue weighted by Gasteiger charge is 2.10. The van der Waals surface area contributed by atoms with Crippen LogP contribution in [0, 0.1) is 0 Å². The fourth-order valence-corrected chi connectivity index (χ4v) is 2.41. The number of carbonyl (C=O) groups excluding carboxylic acids is 2. The first kappa shape index (κ1) is 19.3. The third-order valence-corrected chi connectivity index (χ3v) is 3.92. The van der Waals surface area contributed by atoms with Crippen LogP contribution in [0.15, 0.2) is 54.6 Å². The number of methoxy groups -OCH3 is 1. The summed E-state index contributed by atoms with van der Waals surface area (Å²) in [6.07, 6.45) is 0.255. The van der Waals surface area contributed by atoms with Crippen LogP contribution < -0.4 is 15.4 Å². The first-order valence-electron chi connectivity index (χ1n) is 8.51. The molecule has 0 bridgehead atoms. The van der Waals surface area contributed by atoms with Gasteiger partial charge in [0.25, 0.3) is 0 Å². The molecule has 0 radical (unpaired) electrons. The molecule has 0 unspecified atom stereocenters. The third kappa shape index (κ3) is 6.47. The highest BCUT2D eigenvalue weighted by atomic mass is 16.5. The Morgan fingerprint density at radius 2 is 1.65 bits per heavy atom. The summed E-state index contributed by atoms with van der Waals surface area (Å²) in [6.45, 7) is 1.27. The molecule has 138 valence electrons. The van der Waals surface area contributed by atoms with Crippen molar-refractivity contribution >= 4 is 11.9 Å². The predicted molar refractivity (Wildman–Crippen MR) is 101 cm³/mol. The van der Waals surface area contributed by atoms with E-state index < -0.39 is 0 Å². The van der Waals surface area contributed by atoms with E-state index in [2.05, 4.69) is 10.6 Å². The van der Waals surface area contributed by atoms with Crippen LogP contribution in [0.3, 0.4) is 0 Å². The molecular weight excluding hydrogens is 330 g/mol. The fraction of sp³-hybridized carbons (Fsp3) is 0.300. The summed E-state index contributed by atoms with van der Waals surface area (Å²) in [7, 11) is 3.37. The molecule has 0 aliphatic rings. The van der Waals surface area contributed by atoms with E-state index in [-0.39, 0.29) is 18.4 Å². The minimum absolute atomic E-state index is 0.0239. The van der Waals surface area contributed by atoms with Crippen molar-refractivity contribution in [3.05, 3.63) is 65.7 Å². The van der Waals surface area contributed by atoms with Crippen LogP contribution in [0.5, 0.6) is 5.75 Å². The second-order valence-corrected chi connectivity index (χ2v) is 5.94. The zero-order valence-corrected chi connectivity index (χ0v) is 15.2. The molecule has 3 amide bonds. The van der Waals surface area contributed by atoms with E-state index in [1.54, 1.807) is 19.1 Å². The van der Waals surface area contributed by atoms with Gasteiger partial charge in [0.15, 0.2) is 0 Å². The van der Waals surface area contributed by atoms with Crippen molar-refractivity contribution in [2.75, 3.05) is 20.7 Å². The number of nitrogens with one attached hydrogen (secondary N) is 2. The molecule has 6 heteroatoms. The lowest BCUT2D eigenvalue weighted by Crippen LogP contribution is -2.37. The summed E-state index contributed by atoms with van der Waals surface area (Å²) in [5.74, 6) is 0.762. The van der Waals surface area contributed by atoms with Crippen LogP contribution in [0.1, 0.15) is 17.5 Å². The van der Waals surface area contributed by atoms with Gasteiger partial charge in [-0.05, 0) is 23.3 Å². The lowest BCUT2D eigenvalue weighted by Gasteiger charge is -2.17. The molecule has 26 heavy (non-hydrogen) atoms. The van der Waals surface area contributed by atoms with Crippen molar-refractivity contribution in [3.8, 4) is 5.75 Å². The molecule has 0 atom stereocenters. The topological polar surface area (TPSA) is 70.7 Å². The Morgan fingerprint density at radius 1 is 0.962 bits per heavy atom.